The molecule has 1 aromatic heterocycles. The number of Topliss-reactive ketones (excluding diaryl/α,β-unsaturated/α-hetero) is 3. The molecule has 4 heterocycles. The van der Waals surface area contributed by atoms with E-state index in [1.165, 1.54) is 60.6 Å². The van der Waals surface area contributed by atoms with E-state index < -0.39 is 45.4 Å². The maximum absolute atomic E-state index is 13.7. The predicted octanol–water partition coefficient (Wildman–Crippen LogP) is 3.62. The molecule has 250 valence electrons. The third-order valence-electron chi connectivity index (χ3n) is 9.09. The summed E-state index contributed by atoms with van der Waals surface area (Å²) in [6, 6.07) is 2.52. The van der Waals surface area contributed by atoms with E-state index in [2.05, 4.69) is 15.5 Å². The Balaban J connectivity index is 1.32. The number of fused-ring (bicyclic) bond motifs is 1. The smallest absolute Gasteiger partial charge is 0.253 e. The number of likely N-dealkylation sites (tertiary alicyclic amines) is 1. The molecule has 0 bridgehead atoms. The van der Waals surface area contributed by atoms with Gasteiger partial charge in [0.25, 0.3) is 5.91 Å². The SMILES string of the molecule is CC(=O)C(C)(C)O/N=C(\C(=O)C[C@@H]1C(=O)N2C[C@@](C(C)=O)(N3CCC(NC(=O)c4ccc(C)c(C)c4Cl)C3=O)SC12)c1csc(C)n1. The number of carbonyl (C=O) groups excluding carboxylic acids is 6. The highest BCUT2D eigenvalue weighted by atomic mass is 35.5. The standard InChI is InChI=1S/C32H36ClN5O7S2/c1-15-8-9-20(25(33)16(15)2)27(42)35-22-10-11-38(29(22)44)32(18(4)40)14-37-28(43)21(30(37)47-32)12-24(41)26(23-13-46-19(5)34-23)36-45-31(6,7)17(3)39/h8-9,13,21-22,30H,10-12,14H2,1-7H3,(H,35,42)/b36-26-/t21-,22?,30?,32-/m1/s1. The molecule has 3 amide bonds. The Kier molecular flexibility index (Phi) is 9.43. The number of benzene rings is 1. The first-order valence-corrected chi connectivity index (χ1v) is 17.2. The van der Waals surface area contributed by atoms with Gasteiger partial charge in [0.1, 0.15) is 11.7 Å². The van der Waals surface area contributed by atoms with E-state index in [9.17, 15) is 28.8 Å². The van der Waals surface area contributed by atoms with Crippen molar-refractivity contribution in [3.05, 3.63) is 49.9 Å². The topological polar surface area (TPSA) is 155 Å². The zero-order valence-corrected chi connectivity index (χ0v) is 29.5. The summed E-state index contributed by atoms with van der Waals surface area (Å²) >= 11 is 8.91. The van der Waals surface area contributed by atoms with Crippen LogP contribution in [0.25, 0.3) is 0 Å². The van der Waals surface area contributed by atoms with E-state index in [-0.39, 0.29) is 60.4 Å². The van der Waals surface area contributed by atoms with Crippen molar-refractivity contribution < 1.29 is 33.6 Å². The van der Waals surface area contributed by atoms with E-state index in [0.29, 0.717) is 10.0 Å². The van der Waals surface area contributed by atoms with Gasteiger partial charge in [-0.3, -0.25) is 28.8 Å². The average Bonchev–Trinajstić information content (AvgIpc) is 3.70. The van der Waals surface area contributed by atoms with Crippen LogP contribution < -0.4 is 5.32 Å². The molecule has 4 atom stereocenters. The Morgan fingerprint density at radius 3 is 2.47 bits per heavy atom. The highest BCUT2D eigenvalue weighted by Crippen LogP contribution is 2.53. The number of nitrogens with one attached hydrogen (secondary N) is 1. The Hall–Kier alpha value is -3.62. The molecule has 3 fully saturated rings. The average molecular weight is 702 g/mol. The van der Waals surface area contributed by atoms with Crippen LogP contribution in [-0.4, -0.2) is 90.5 Å². The van der Waals surface area contributed by atoms with Crippen molar-refractivity contribution in [2.75, 3.05) is 13.1 Å². The Morgan fingerprint density at radius 2 is 1.85 bits per heavy atom. The van der Waals surface area contributed by atoms with Crippen molar-refractivity contribution in [2.45, 2.75) is 83.2 Å². The van der Waals surface area contributed by atoms with Crippen LogP contribution in [0, 0.1) is 26.7 Å². The minimum absolute atomic E-state index is 0.0290. The number of hydrogen-bond acceptors (Lipinski definition) is 11. The highest BCUT2D eigenvalue weighted by molar-refractivity contribution is 8.02. The van der Waals surface area contributed by atoms with E-state index in [1.54, 1.807) is 24.4 Å². The quantitative estimate of drug-likeness (QED) is 0.210. The number of β-lactam (4-membered cyclic amide) rings is 1. The van der Waals surface area contributed by atoms with Crippen LogP contribution in [0.4, 0.5) is 0 Å². The summed E-state index contributed by atoms with van der Waals surface area (Å²) in [6.07, 6.45) is 0.0380. The second-order valence-electron chi connectivity index (χ2n) is 12.6. The zero-order chi connectivity index (χ0) is 34.6. The van der Waals surface area contributed by atoms with E-state index in [4.69, 9.17) is 16.4 Å². The van der Waals surface area contributed by atoms with Crippen LogP contribution in [0.1, 0.15) is 72.7 Å². The molecule has 3 saturated heterocycles. The molecule has 1 N–H and O–H groups in total. The lowest BCUT2D eigenvalue weighted by Gasteiger charge is -2.41. The van der Waals surface area contributed by atoms with Gasteiger partial charge in [0, 0.05) is 18.3 Å². The highest BCUT2D eigenvalue weighted by Gasteiger charge is 2.64. The van der Waals surface area contributed by atoms with Crippen molar-refractivity contribution in [3.63, 3.8) is 0 Å². The molecule has 3 aliphatic rings. The molecule has 47 heavy (non-hydrogen) atoms. The van der Waals surface area contributed by atoms with Crippen LogP contribution in [0.5, 0.6) is 0 Å². The number of thiazole rings is 1. The number of rotatable bonds is 11. The largest absolute Gasteiger partial charge is 0.381 e. The number of hydrogen-bond donors (Lipinski definition) is 1. The number of ketones is 3. The molecule has 12 nitrogen and oxygen atoms in total. The van der Waals surface area contributed by atoms with Gasteiger partial charge in [-0.2, -0.15) is 0 Å². The summed E-state index contributed by atoms with van der Waals surface area (Å²) in [5.41, 5.74) is 0.843. The molecule has 3 aliphatic heterocycles. The molecular weight excluding hydrogens is 666 g/mol. The van der Waals surface area contributed by atoms with Crippen LogP contribution in [-0.2, 0) is 28.8 Å². The number of oxime groups is 1. The first-order valence-electron chi connectivity index (χ1n) is 15.1. The predicted molar refractivity (Wildman–Crippen MR) is 177 cm³/mol. The number of halogens is 1. The number of aryl methyl sites for hydroxylation is 2. The molecule has 15 heteroatoms. The second kappa shape index (κ2) is 12.8. The third-order valence-corrected chi connectivity index (χ3v) is 12.2. The van der Waals surface area contributed by atoms with Crippen LogP contribution in [0.15, 0.2) is 22.7 Å². The van der Waals surface area contributed by atoms with E-state index in [1.807, 2.05) is 13.8 Å². The summed E-state index contributed by atoms with van der Waals surface area (Å²) in [5, 5.41) is 8.91. The molecule has 0 spiro atoms. The monoisotopic (exact) mass is 701 g/mol. The molecule has 0 aliphatic carbocycles. The second-order valence-corrected chi connectivity index (χ2v) is 15.4. The lowest BCUT2D eigenvalue weighted by molar-refractivity contribution is -0.153. The molecular formula is C32H36ClN5O7S2. The van der Waals surface area contributed by atoms with Crippen molar-refractivity contribution >= 4 is 75.5 Å². The number of amides is 3. The zero-order valence-electron chi connectivity index (χ0n) is 27.1. The maximum atomic E-state index is 13.7. The fourth-order valence-electron chi connectivity index (χ4n) is 5.70. The normalized spacial score (nSPS) is 24.3. The number of carbonyl (C=O) groups is 6. The van der Waals surface area contributed by atoms with Gasteiger partial charge in [-0.05, 0) is 72.1 Å². The van der Waals surface area contributed by atoms with Gasteiger partial charge in [0.05, 0.1) is 33.4 Å². The lowest BCUT2D eigenvalue weighted by atomic mass is 9.90. The maximum Gasteiger partial charge on any atom is 0.253 e. The minimum Gasteiger partial charge on any atom is -0.381 e. The molecule has 2 unspecified atom stereocenters. The van der Waals surface area contributed by atoms with Gasteiger partial charge >= 0.3 is 0 Å². The van der Waals surface area contributed by atoms with Gasteiger partial charge in [-0.1, -0.05) is 34.6 Å². The van der Waals surface area contributed by atoms with Crippen LogP contribution >= 0.6 is 34.7 Å². The fraction of sp³-hybridized carbons (Fsp3) is 0.500. The van der Waals surface area contributed by atoms with Crippen molar-refractivity contribution in [1.29, 1.82) is 0 Å². The van der Waals surface area contributed by atoms with Gasteiger partial charge in [-0.15, -0.1) is 11.3 Å². The number of thioether (sulfide) groups is 1. The lowest BCUT2D eigenvalue weighted by Crippen LogP contribution is -2.59. The Morgan fingerprint density at radius 1 is 1.15 bits per heavy atom. The first kappa shape index (κ1) is 34.7. The van der Waals surface area contributed by atoms with Gasteiger partial charge < -0.3 is 20.0 Å². The summed E-state index contributed by atoms with van der Waals surface area (Å²) in [6.45, 7) is 11.4. The molecule has 0 radical (unpaired) electrons. The summed E-state index contributed by atoms with van der Waals surface area (Å²) in [5.74, 6) is -3.12. The van der Waals surface area contributed by atoms with Gasteiger partial charge in [0.15, 0.2) is 33.5 Å². The fourth-order valence-corrected chi connectivity index (χ4v) is 8.36. The Bertz CT molecular complexity index is 1740. The van der Waals surface area contributed by atoms with Gasteiger partial charge in [-0.25, -0.2) is 4.98 Å². The van der Waals surface area contributed by atoms with E-state index >= 15 is 0 Å². The van der Waals surface area contributed by atoms with Crippen molar-refractivity contribution in [3.8, 4) is 0 Å². The molecule has 5 rings (SSSR count). The molecule has 1 aromatic carbocycles. The summed E-state index contributed by atoms with van der Waals surface area (Å²) in [4.78, 5) is 90.4. The minimum atomic E-state index is -1.37. The Labute approximate surface area is 285 Å². The van der Waals surface area contributed by atoms with Crippen molar-refractivity contribution in [1.82, 2.24) is 20.1 Å². The van der Waals surface area contributed by atoms with E-state index in [0.717, 1.165) is 11.1 Å². The number of aromatic nitrogens is 1. The summed E-state index contributed by atoms with van der Waals surface area (Å²) in [7, 11) is 0. The number of nitrogens with zero attached hydrogens (tertiary/aromatic N) is 4. The first-order chi connectivity index (χ1) is 22.0. The van der Waals surface area contributed by atoms with Crippen molar-refractivity contribution in [2.24, 2.45) is 11.1 Å². The summed E-state index contributed by atoms with van der Waals surface area (Å²) < 4.78 is 0. The molecule has 0 saturated carbocycles. The molecule has 2 aromatic rings. The van der Waals surface area contributed by atoms with Crippen LogP contribution in [0.2, 0.25) is 5.02 Å². The van der Waals surface area contributed by atoms with Crippen LogP contribution in [0.3, 0.4) is 0 Å². The third kappa shape index (κ3) is 6.22. The van der Waals surface area contributed by atoms with Gasteiger partial charge in [0.2, 0.25) is 11.8 Å².